The number of carbonyl (C=O) groups is 4. The van der Waals surface area contributed by atoms with Gasteiger partial charge in [0.15, 0.2) is 23.2 Å². The van der Waals surface area contributed by atoms with Crippen molar-refractivity contribution in [1.82, 2.24) is 15.8 Å². The van der Waals surface area contributed by atoms with Crippen molar-refractivity contribution in [3.63, 3.8) is 0 Å². The molecule has 4 aliphatic rings. The van der Waals surface area contributed by atoms with E-state index in [-0.39, 0.29) is 48.1 Å². The maximum atomic E-state index is 16.2. The van der Waals surface area contributed by atoms with Crippen molar-refractivity contribution in [2.45, 2.75) is 44.6 Å². The molecule has 0 radical (unpaired) electrons. The first-order chi connectivity index (χ1) is 18.1. The van der Waals surface area contributed by atoms with Crippen LogP contribution in [0.15, 0.2) is 15.7 Å². The zero-order valence-electron chi connectivity index (χ0n) is 20.5. The van der Waals surface area contributed by atoms with E-state index in [9.17, 15) is 19.2 Å². The number of fused-ring (bicyclic) bond motifs is 5. The number of hydrogen-bond acceptors (Lipinski definition) is 11. The maximum absolute atomic E-state index is 16.2. The average molecular weight is 530 g/mol. The lowest BCUT2D eigenvalue weighted by Crippen LogP contribution is -2.75. The van der Waals surface area contributed by atoms with Crippen LogP contribution in [0.3, 0.4) is 0 Å². The minimum Gasteiger partial charge on any atom is -0.438 e. The summed E-state index contributed by atoms with van der Waals surface area (Å²) in [4.78, 5) is 58.5. The maximum Gasteiger partial charge on any atom is 0.416 e. The van der Waals surface area contributed by atoms with Crippen LogP contribution in [0.1, 0.15) is 19.4 Å². The predicted molar refractivity (Wildman–Crippen MR) is 126 cm³/mol. The largest absolute Gasteiger partial charge is 0.438 e. The third-order valence-corrected chi connectivity index (χ3v) is 7.37. The molecule has 5 heterocycles. The normalized spacial score (nSPS) is 28.4. The molecular formula is C23H23FN6O8. The quantitative estimate of drug-likeness (QED) is 0.330. The zero-order chi connectivity index (χ0) is 26.9. The summed E-state index contributed by atoms with van der Waals surface area (Å²) in [6.07, 6.45) is -1.43. The summed E-state index contributed by atoms with van der Waals surface area (Å²) in [5.74, 6) is -2.35. The highest BCUT2D eigenvalue weighted by Crippen LogP contribution is 2.49. The molecule has 1 aromatic carbocycles. The first-order valence-electron chi connectivity index (χ1n) is 11.9. The molecule has 3 saturated heterocycles. The number of imide groups is 2. The number of benzene rings is 1. The van der Waals surface area contributed by atoms with E-state index in [1.807, 2.05) is 0 Å². The number of morpholine rings is 1. The van der Waals surface area contributed by atoms with Crippen molar-refractivity contribution >= 4 is 52.6 Å². The molecule has 2 N–H and O–H groups in total. The van der Waals surface area contributed by atoms with Gasteiger partial charge in [-0.1, -0.05) is 10.3 Å². The number of rotatable bonds is 3. The Morgan fingerprint density at radius 3 is 2.66 bits per heavy atom. The molecule has 0 aliphatic carbocycles. The minimum absolute atomic E-state index is 0.00706. The van der Waals surface area contributed by atoms with Crippen molar-refractivity contribution in [2.24, 2.45) is 10.6 Å². The van der Waals surface area contributed by atoms with E-state index in [2.05, 4.69) is 25.8 Å². The molecule has 14 nitrogen and oxygen atoms in total. The molecule has 3 fully saturated rings. The number of halogens is 1. The molecule has 4 aliphatic heterocycles. The Balaban J connectivity index is 1.50. The first kappa shape index (κ1) is 24.1. The van der Waals surface area contributed by atoms with Crippen LogP contribution < -0.4 is 20.4 Å². The van der Waals surface area contributed by atoms with Gasteiger partial charge in [-0.15, -0.1) is 0 Å². The molecule has 15 heteroatoms. The number of cyclic esters (lactones) is 1. The van der Waals surface area contributed by atoms with E-state index in [1.54, 1.807) is 24.8 Å². The Hall–Kier alpha value is -4.27. The van der Waals surface area contributed by atoms with Gasteiger partial charge in [0, 0.05) is 13.0 Å². The van der Waals surface area contributed by atoms with Crippen LogP contribution in [-0.2, 0) is 30.3 Å². The molecule has 0 unspecified atom stereocenters. The summed E-state index contributed by atoms with van der Waals surface area (Å²) in [6, 6.07) is -0.297. The third-order valence-electron chi connectivity index (χ3n) is 7.37. The number of hydrogen-bond donors (Lipinski definition) is 2. The number of nitrogens with one attached hydrogen (secondary N) is 2. The average Bonchev–Trinajstić information content (AvgIpc) is 3.43. The number of anilines is 2. The van der Waals surface area contributed by atoms with Crippen molar-refractivity contribution in [2.75, 3.05) is 30.0 Å². The van der Waals surface area contributed by atoms with Gasteiger partial charge in [0.25, 0.3) is 0 Å². The Morgan fingerprint density at radius 2 is 1.95 bits per heavy atom. The summed E-state index contributed by atoms with van der Waals surface area (Å²) >= 11 is 0. The van der Waals surface area contributed by atoms with Gasteiger partial charge in [-0.05, 0) is 25.5 Å². The second-order valence-corrected chi connectivity index (χ2v) is 9.69. The lowest BCUT2D eigenvalue weighted by molar-refractivity contribution is -0.153. The van der Waals surface area contributed by atoms with Crippen molar-refractivity contribution in [3.05, 3.63) is 17.4 Å². The summed E-state index contributed by atoms with van der Waals surface area (Å²) in [5, 5.41) is 12.1. The van der Waals surface area contributed by atoms with Crippen LogP contribution >= 0.6 is 0 Å². The van der Waals surface area contributed by atoms with Gasteiger partial charge >= 0.3 is 12.1 Å². The van der Waals surface area contributed by atoms with Gasteiger partial charge in [-0.25, -0.2) is 14.0 Å². The number of oxime groups is 1. The lowest BCUT2D eigenvalue weighted by atomic mass is 9.66. The topological polar surface area (TPSA) is 165 Å². The van der Waals surface area contributed by atoms with Gasteiger partial charge in [0.05, 0.1) is 42.1 Å². The highest BCUT2D eigenvalue weighted by atomic mass is 19.1. The number of barbiturate groups is 1. The summed E-state index contributed by atoms with van der Waals surface area (Å²) in [7, 11) is 1.35. The minimum atomic E-state index is -1.79. The van der Waals surface area contributed by atoms with E-state index in [0.717, 1.165) is 0 Å². The first-order valence-corrected chi connectivity index (χ1v) is 11.9. The van der Waals surface area contributed by atoms with Gasteiger partial charge in [-0.2, -0.15) is 0 Å². The Morgan fingerprint density at radius 1 is 1.21 bits per heavy atom. The van der Waals surface area contributed by atoms with Crippen LogP contribution in [-0.4, -0.2) is 79.9 Å². The molecule has 5 amide bonds. The Labute approximate surface area is 214 Å². The molecule has 38 heavy (non-hydrogen) atoms. The van der Waals surface area contributed by atoms with Crippen LogP contribution in [0.5, 0.6) is 0 Å². The molecule has 4 atom stereocenters. The van der Waals surface area contributed by atoms with E-state index in [4.69, 9.17) is 14.0 Å². The van der Waals surface area contributed by atoms with Crippen molar-refractivity contribution in [3.8, 4) is 0 Å². The molecule has 0 bridgehead atoms. The van der Waals surface area contributed by atoms with Crippen molar-refractivity contribution < 1.29 is 42.4 Å². The number of carbonyl (C=O) groups excluding carboxylic acids is 4. The van der Waals surface area contributed by atoms with E-state index < -0.39 is 53.4 Å². The fourth-order valence-electron chi connectivity index (χ4n) is 6.00. The summed E-state index contributed by atoms with van der Waals surface area (Å²) in [6.45, 7) is 3.68. The van der Waals surface area contributed by atoms with Gasteiger partial charge in [0.1, 0.15) is 7.11 Å². The number of nitrogens with zero attached hydrogens (tertiary/aromatic N) is 4. The number of ether oxygens (including phenoxy) is 2. The zero-order valence-corrected chi connectivity index (χ0v) is 20.5. The SMILES string of the molecule is CO/N=C/[C@H]1CN(c2noc3c(F)c4c(cc23)CC2(C(=O)NC(=O)NC2=O)[C@H]2[C@H](C)O[C@H](C)CN42)C(=O)O1. The Kier molecular flexibility index (Phi) is 5.31. The van der Waals surface area contributed by atoms with Gasteiger partial charge in [-0.3, -0.25) is 25.1 Å². The van der Waals surface area contributed by atoms with E-state index in [1.165, 1.54) is 18.2 Å². The summed E-state index contributed by atoms with van der Waals surface area (Å²) < 4.78 is 32.7. The highest BCUT2D eigenvalue weighted by molar-refractivity contribution is 6.20. The lowest BCUT2D eigenvalue weighted by Gasteiger charge is -2.55. The molecule has 1 aromatic heterocycles. The highest BCUT2D eigenvalue weighted by Gasteiger charge is 2.63. The van der Waals surface area contributed by atoms with Crippen LogP contribution in [0.25, 0.3) is 11.0 Å². The standard InChI is InChI=1S/C23H23FN6O8/c1-9-7-29-15-11(5-23(17(29)10(2)36-9)19(31)26-21(33)27-20(23)32)4-13-16(14(15)24)38-28-18(13)30-8-12(6-25-35-3)37-22(30)34/h4,6,9-10,12,17H,5,7-8H2,1-3H3,(H2,26,27,31,32,33)/b25-6+/t9-,10+,12+,17-/m1/s1. The molecule has 0 saturated carbocycles. The van der Waals surface area contributed by atoms with Gasteiger partial charge in [0.2, 0.25) is 17.4 Å². The third kappa shape index (κ3) is 3.27. The molecule has 200 valence electrons. The summed E-state index contributed by atoms with van der Waals surface area (Å²) in [5.41, 5.74) is -1.53. The second-order valence-electron chi connectivity index (χ2n) is 9.69. The molecular weight excluding hydrogens is 507 g/mol. The smallest absolute Gasteiger partial charge is 0.416 e. The molecule has 1 spiro atoms. The Bertz CT molecular complexity index is 1400. The number of aromatic nitrogens is 1. The van der Waals surface area contributed by atoms with Crippen LogP contribution in [0, 0.1) is 11.2 Å². The van der Waals surface area contributed by atoms with Crippen LogP contribution in [0.2, 0.25) is 0 Å². The fourth-order valence-corrected chi connectivity index (χ4v) is 6.00. The van der Waals surface area contributed by atoms with Gasteiger partial charge < -0.3 is 23.7 Å². The van der Waals surface area contributed by atoms with E-state index in [0.29, 0.717) is 5.56 Å². The van der Waals surface area contributed by atoms with E-state index >= 15 is 4.39 Å². The second kappa shape index (κ2) is 8.37. The number of amides is 5. The number of urea groups is 1. The molecule has 6 rings (SSSR count). The van der Waals surface area contributed by atoms with Crippen molar-refractivity contribution in [1.29, 1.82) is 0 Å². The van der Waals surface area contributed by atoms with Crippen LogP contribution in [0.4, 0.5) is 25.5 Å². The predicted octanol–water partition coefficient (Wildman–Crippen LogP) is 0.815. The fraction of sp³-hybridized carbons (Fsp3) is 0.478. The molecule has 2 aromatic rings. The monoisotopic (exact) mass is 530 g/mol.